The predicted molar refractivity (Wildman–Crippen MR) is 149 cm³/mol. The van der Waals surface area contributed by atoms with Gasteiger partial charge in [0.1, 0.15) is 23.1 Å². The van der Waals surface area contributed by atoms with Crippen molar-refractivity contribution in [2.75, 3.05) is 37.4 Å². The van der Waals surface area contributed by atoms with Gasteiger partial charge in [-0.1, -0.05) is 26.8 Å². The van der Waals surface area contributed by atoms with E-state index >= 15 is 0 Å². The number of carbonyl (C=O) groups is 1. The van der Waals surface area contributed by atoms with Gasteiger partial charge in [-0.2, -0.15) is 0 Å². The van der Waals surface area contributed by atoms with Crippen molar-refractivity contribution in [2.24, 2.45) is 7.05 Å². The van der Waals surface area contributed by atoms with Gasteiger partial charge in [0.15, 0.2) is 0 Å². The van der Waals surface area contributed by atoms with Crippen molar-refractivity contribution < 1.29 is 18.7 Å². The molecule has 4 aromatic rings. The van der Waals surface area contributed by atoms with E-state index in [0.717, 1.165) is 24.2 Å². The van der Waals surface area contributed by atoms with Crippen molar-refractivity contribution in [3.05, 3.63) is 66.1 Å². The maximum atomic E-state index is 14.6. The van der Waals surface area contributed by atoms with E-state index in [4.69, 9.17) is 9.47 Å². The second-order valence-electron chi connectivity index (χ2n) is 10.8. The molecule has 1 saturated heterocycles. The normalized spacial score (nSPS) is 14.3. The number of ether oxygens (including phenoxy) is 2. The van der Waals surface area contributed by atoms with Crippen molar-refractivity contribution >= 4 is 34.4 Å². The number of benzene rings is 2. The summed E-state index contributed by atoms with van der Waals surface area (Å²) in [6.07, 6.45) is 1.77. The number of carbonyl (C=O) groups excluding carboxylic acids is 1. The number of hydrogen-bond acceptors (Lipinski definition) is 7. The highest BCUT2D eigenvalue weighted by atomic mass is 19.1. The lowest BCUT2D eigenvalue weighted by molar-refractivity contribution is -0.120. The Bertz CT molecular complexity index is 1510. The fourth-order valence-corrected chi connectivity index (χ4v) is 4.43. The largest absolute Gasteiger partial charge is 0.457 e. The lowest BCUT2D eigenvalue weighted by Crippen LogP contribution is -2.54. The van der Waals surface area contributed by atoms with Crippen molar-refractivity contribution in [1.29, 1.82) is 0 Å². The summed E-state index contributed by atoms with van der Waals surface area (Å²) in [6.45, 7) is 8.03. The summed E-state index contributed by atoms with van der Waals surface area (Å²) in [4.78, 5) is 23.3. The second-order valence-corrected chi connectivity index (χ2v) is 10.8. The third kappa shape index (κ3) is 6.02. The number of rotatable bonds is 8. The summed E-state index contributed by atoms with van der Waals surface area (Å²) >= 11 is 0. The Hall–Kier alpha value is -4.02. The number of amides is 1. The first-order valence-corrected chi connectivity index (χ1v) is 12.8. The van der Waals surface area contributed by atoms with Gasteiger partial charge in [-0.3, -0.25) is 9.69 Å². The Morgan fingerprint density at radius 1 is 1.10 bits per heavy atom. The van der Waals surface area contributed by atoms with Crippen LogP contribution in [0.2, 0.25) is 0 Å². The van der Waals surface area contributed by atoms with Crippen LogP contribution in [0.4, 0.5) is 21.8 Å². The number of fused-ring (bicyclic) bond motifs is 1. The highest BCUT2D eigenvalue weighted by molar-refractivity contribution is 5.91. The van der Waals surface area contributed by atoms with E-state index in [2.05, 4.69) is 41.4 Å². The third-order valence-corrected chi connectivity index (χ3v) is 6.79. The van der Waals surface area contributed by atoms with Gasteiger partial charge in [0, 0.05) is 45.6 Å². The molecule has 0 bridgehead atoms. The highest BCUT2D eigenvalue weighted by Gasteiger charge is 2.27. The van der Waals surface area contributed by atoms with Crippen LogP contribution in [-0.2, 0) is 22.0 Å². The minimum absolute atomic E-state index is 0.111. The fraction of sp³-hybridized carbons (Fsp3) is 0.345. The molecule has 1 amide bonds. The summed E-state index contributed by atoms with van der Waals surface area (Å²) in [5.74, 6) is 1.53. The summed E-state index contributed by atoms with van der Waals surface area (Å²) in [7, 11) is 3.55. The van der Waals surface area contributed by atoms with Crippen LogP contribution >= 0.6 is 0 Å². The molecule has 1 fully saturated rings. The Labute approximate surface area is 227 Å². The average Bonchev–Trinajstić information content (AvgIpc) is 3.16. The Kier molecular flexibility index (Phi) is 7.24. The van der Waals surface area contributed by atoms with Crippen LogP contribution < -0.4 is 15.4 Å². The van der Waals surface area contributed by atoms with Gasteiger partial charge >= 0.3 is 0 Å². The van der Waals surface area contributed by atoms with Crippen molar-refractivity contribution in [3.8, 4) is 11.5 Å². The monoisotopic (exact) mass is 532 g/mol. The van der Waals surface area contributed by atoms with Crippen molar-refractivity contribution in [1.82, 2.24) is 19.4 Å². The number of imidazole rings is 1. The molecule has 2 aromatic carbocycles. The van der Waals surface area contributed by atoms with Gasteiger partial charge in [0.2, 0.25) is 11.9 Å². The van der Waals surface area contributed by atoms with Crippen molar-refractivity contribution in [2.45, 2.75) is 32.3 Å². The molecule has 0 radical (unpaired) electrons. The minimum atomic E-state index is -0.344. The van der Waals surface area contributed by atoms with Gasteiger partial charge in [-0.15, -0.1) is 0 Å². The summed E-state index contributed by atoms with van der Waals surface area (Å²) in [5, 5.41) is 5.96. The number of likely N-dealkylation sites (tertiary alicyclic amines) is 1. The number of aryl methyl sites for hydroxylation is 1. The number of halogens is 1. The van der Waals surface area contributed by atoms with Gasteiger partial charge in [-0.25, -0.2) is 14.4 Å². The summed E-state index contributed by atoms with van der Waals surface area (Å²) in [5.41, 5.74) is 2.84. The molecule has 0 unspecified atom stereocenters. The van der Waals surface area contributed by atoms with Crippen molar-refractivity contribution in [3.63, 3.8) is 0 Å². The third-order valence-electron chi connectivity index (χ3n) is 6.79. The van der Waals surface area contributed by atoms with Gasteiger partial charge < -0.3 is 24.7 Å². The molecule has 2 aromatic heterocycles. The van der Waals surface area contributed by atoms with Gasteiger partial charge in [0.05, 0.1) is 29.4 Å². The number of hydrogen-bond donors (Lipinski definition) is 2. The van der Waals surface area contributed by atoms with Crippen LogP contribution in [0.25, 0.3) is 11.0 Å². The van der Waals surface area contributed by atoms with Crippen LogP contribution in [0.3, 0.4) is 0 Å². The molecule has 39 heavy (non-hydrogen) atoms. The Morgan fingerprint density at radius 2 is 1.87 bits per heavy atom. The first-order chi connectivity index (χ1) is 18.6. The number of aromatic nitrogens is 3. The standard InChI is InChI=1S/C29H33FN6O3/c1-29(2,3)18-6-8-22(30)23(12-18)32-28-33-24-13-19(7-9-25(24)35(28)4)39-20-10-11-31-26(14-20)34-27(37)17-36-15-21(16-36)38-5/h6-14,21H,15-17H2,1-5H3,(H,32,33)(H,31,34,37). The predicted octanol–water partition coefficient (Wildman–Crippen LogP) is 5.21. The molecule has 0 aliphatic carbocycles. The molecule has 9 nitrogen and oxygen atoms in total. The summed E-state index contributed by atoms with van der Waals surface area (Å²) in [6, 6.07) is 14.0. The SMILES string of the molecule is COC1CN(CC(=O)Nc2cc(Oc3ccc4c(c3)nc(Nc3cc(C(C)(C)C)ccc3F)n4C)ccn2)C1. The zero-order valence-corrected chi connectivity index (χ0v) is 22.8. The fourth-order valence-electron chi connectivity index (χ4n) is 4.43. The lowest BCUT2D eigenvalue weighted by atomic mass is 9.87. The van der Waals surface area contributed by atoms with E-state index in [1.54, 1.807) is 31.5 Å². The number of nitrogens with one attached hydrogen (secondary N) is 2. The van der Waals surface area contributed by atoms with E-state index in [-0.39, 0.29) is 29.8 Å². The minimum Gasteiger partial charge on any atom is -0.457 e. The number of anilines is 3. The van der Waals surface area contributed by atoms with E-state index in [9.17, 15) is 9.18 Å². The van der Waals surface area contributed by atoms with E-state index in [0.29, 0.717) is 34.5 Å². The van der Waals surface area contributed by atoms with Crippen LogP contribution in [0, 0.1) is 5.82 Å². The molecule has 10 heteroatoms. The smallest absolute Gasteiger partial charge is 0.239 e. The molecule has 0 saturated carbocycles. The molecule has 3 heterocycles. The number of pyridine rings is 1. The Morgan fingerprint density at radius 3 is 2.62 bits per heavy atom. The number of methoxy groups -OCH3 is 1. The molecule has 0 atom stereocenters. The van der Waals surface area contributed by atoms with Crippen LogP contribution in [0.1, 0.15) is 26.3 Å². The van der Waals surface area contributed by atoms with E-state index in [1.165, 1.54) is 6.07 Å². The van der Waals surface area contributed by atoms with Crippen LogP contribution in [0.15, 0.2) is 54.7 Å². The van der Waals surface area contributed by atoms with Gasteiger partial charge in [-0.05, 0) is 41.3 Å². The number of nitrogens with zero attached hydrogens (tertiary/aromatic N) is 4. The zero-order chi connectivity index (χ0) is 27.7. The van der Waals surface area contributed by atoms with E-state index < -0.39 is 0 Å². The molecule has 2 N–H and O–H groups in total. The molecule has 1 aliphatic heterocycles. The topological polar surface area (TPSA) is 93.5 Å². The molecule has 0 spiro atoms. The maximum absolute atomic E-state index is 14.6. The van der Waals surface area contributed by atoms with Crippen LogP contribution in [0.5, 0.6) is 11.5 Å². The molecule has 204 valence electrons. The molecular weight excluding hydrogens is 499 g/mol. The van der Waals surface area contributed by atoms with E-state index in [1.807, 2.05) is 40.8 Å². The average molecular weight is 533 g/mol. The molecule has 1 aliphatic rings. The second kappa shape index (κ2) is 10.6. The lowest BCUT2D eigenvalue weighted by Gasteiger charge is -2.37. The molecule has 5 rings (SSSR count). The van der Waals surface area contributed by atoms with Gasteiger partial charge in [0.25, 0.3) is 0 Å². The molecular formula is C29H33FN6O3. The quantitative estimate of drug-likeness (QED) is 0.322. The maximum Gasteiger partial charge on any atom is 0.239 e. The highest BCUT2D eigenvalue weighted by Crippen LogP contribution is 2.31. The summed E-state index contributed by atoms with van der Waals surface area (Å²) < 4.78 is 27.8. The Balaban J connectivity index is 1.28. The van der Waals surface area contributed by atoms with Crippen LogP contribution in [-0.4, -0.2) is 58.2 Å². The zero-order valence-electron chi connectivity index (χ0n) is 22.8. The first kappa shape index (κ1) is 26.6. The first-order valence-electron chi connectivity index (χ1n) is 12.8.